The molecule has 6 heteroatoms. The van der Waals surface area contributed by atoms with Crippen LogP contribution in [0.1, 0.15) is 16.6 Å². The van der Waals surface area contributed by atoms with Gasteiger partial charge in [-0.25, -0.2) is 4.98 Å². The number of fused-ring (bicyclic) bond motifs is 1. The number of hydrogen-bond acceptors (Lipinski definition) is 3. The number of aryl methyl sites for hydroxylation is 1. The topological polar surface area (TPSA) is 46.9 Å². The average Bonchev–Trinajstić information content (AvgIpc) is 3.27. The van der Waals surface area contributed by atoms with Crippen molar-refractivity contribution >= 4 is 49.9 Å². The molecule has 0 fully saturated rings. The van der Waals surface area contributed by atoms with Gasteiger partial charge in [0, 0.05) is 16.7 Å². The maximum Gasteiger partial charge on any atom is 0.265 e. The molecule has 0 aliphatic heterocycles. The molecule has 2 aromatic carbocycles. The Kier molecular flexibility index (Phi) is 4.61. The standard InChI is InChI=1S/C20H16BrN3OS/c1-2-24-16-6-4-3-5-15(16)23-19(24)17-11-12-18(26-17)20(25)22-14-9-7-13(21)8-10-14/h3-12H,2H2,1H3,(H,22,25). The first kappa shape index (κ1) is 17.0. The second kappa shape index (κ2) is 7.05. The summed E-state index contributed by atoms with van der Waals surface area (Å²) in [6.07, 6.45) is 0. The Balaban J connectivity index is 1.64. The molecule has 1 N–H and O–H groups in total. The normalized spacial score (nSPS) is 11.0. The summed E-state index contributed by atoms with van der Waals surface area (Å²) in [7, 11) is 0. The van der Waals surface area contributed by atoms with Crippen molar-refractivity contribution in [1.82, 2.24) is 9.55 Å². The van der Waals surface area contributed by atoms with Crippen molar-refractivity contribution in [3.8, 4) is 10.7 Å². The van der Waals surface area contributed by atoms with Gasteiger partial charge in [-0.1, -0.05) is 28.1 Å². The van der Waals surface area contributed by atoms with Gasteiger partial charge in [-0.05, 0) is 55.5 Å². The fourth-order valence-electron chi connectivity index (χ4n) is 2.89. The Labute approximate surface area is 163 Å². The summed E-state index contributed by atoms with van der Waals surface area (Å²) in [5, 5.41) is 2.93. The summed E-state index contributed by atoms with van der Waals surface area (Å²) < 4.78 is 3.16. The number of rotatable bonds is 4. The molecule has 4 aromatic rings. The number of hydrogen-bond donors (Lipinski definition) is 1. The highest BCUT2D eigenvalue weighted by molar-refractivity contribution is 9.10. The van der Waals surface area contributed by atoms with Gasteiger partial charge in [0.05, 0.1) is 20.8 Å². The van der Waals surface area contributed by atoms with E-state index >= 15 is 0 Å². The summed E-state index contributed by atoms with van der Waals surface area (Å²) in [5.74, 6) is 0.795. The van der Waals surface area contributed by atoms with E-state index in [0.29, 0.717) is 4.88 Å². The van der Waals surface area contributed by atoms with Crippen molar-refractivity contribution in [3.63, 3.8) is 0 Å². The lowest BCUT2D eigenvalue weighted by Gasteiger charge is -2.04. The van der Waals surface area contributed by atoms with Crippen molar-refractivity contribution in [2.75, 3.05) is 5.32 Å². The third kappa shape index (κ3) is 3.18. The smallest absolute Gasteiger partial charge is 0.265 e. The summed E-state index contributed by atoms with van der Waals surface area (Å²) in [6.45, 7) is 2.93. The lowest BCUT2D eigenvalue weighted by atomic mass is 10.3. The molecule has 2 aromatic heterocycles. The quantitative estimate of drug-likeness (QED) is 0.448. The number of para-hydroxylation sites is 2. The average molecular weight is 426 g/mol. The van der Waals surface area contributed by atoms with Crippen molar-refractivity contribution in [2.24, 2.45) is 0 Å². The number of imidazole rings is 1. The van der Waals surface area contributed by atoms with Crippen LogP contribution in [0, 0.1) is 0 Å². The van der Waals surface area contributed by atoms with Crippen molar-refractivity contribution in [3.05, 3.63) is 70.0 Å². The van der Waals surface area contributed by atoms with E-state index in [1.165, 1.54) is 11.3 Å². The largest absolute Gasteiger partial charge is 0.324 e. The SMILES string of the molecule is CCn1c(-c2ccc(C(=O)Nc3ccc(Br)cc3)s2)nc2ccccc21. The van der Waals surface area contributed by atoms with Crippen LogP contribution >= 0.6 is 27.3 Å². The Morgan fingerprint density at radius 3 is 2.65 bits per heavy atom. The molecular formula is C20H16BrN3OS. The zero-order valence-electron chi connectivity index (χ0n) is 14.1. The minimum Gasteiger partial charge on any atom is -0.324 e. The van der Waals surface area contributed by atoms with Crippen LogP contribution in [0.4, 0.5) is 5.69 Å². The molecule has 0 atom stereocenters. The summed E-state index contributed by atoms with van der Waals surface area (Å²) >= 11 is 4.85. The Bertz CT molecular complexity index is 1080. The van der Waals surface area contributed by atoms with Crippen molar-refractivity contribution < 1.29 is 4.79 Å². The van der Waals surface area contributed by atoms with Gasteiger partial charge >= 0.3 is 0 Å². The summed E-state index contributed by atoms with van der Waals surface area (Å²) in [4.78, 5) is 18.9. The Morgan fingerprint density at radius 1 is 1.12 bits per heavy atom. The van der Waals surface area contributed by atoms with E-state index < -0.39 is 0 Å². The molecule has 26 heavy (non-hydrogen) atoms. The van der Waals surface area contributed by atoms with E-state index in [4.69, 9.17) is 4.98 Å². The number of nitrogens with one attached hydrogen (secondary N) is 1. The van der Waals surface area contributed by atoms with Crippen molar-refractivity contribution in [1.29, 1.82) is 0 Å². The number of nitrogens with zero attached hydrogens (tertiary/aromatic N) is 2. The highest BCUT2D eigenvalue weighted by atomic mass is 79.9. The Morgan fingerprint density at radius 2 is 1.88 bits per heavy atom. The van der Waals surface area contributed by atoms with Gasteiger partial charge in [-0.2, -0.15) is 0 Å². The first-order valence-corrected chi connectivity index (χ1v) is 9.89. The van der Waals surface area contributed by atoms with Crippen LogP contribution in [-0.2, 0) is 6.54 Å². The highest BCUT2D eigenvalue weighted by Crippen LogP contribution is 2.31. The van der Waals surface area contributed by atoms with E-state index in [9.17, 15) is 4.79 Å². The van der Waals surface area contributed by atoms with Gasteiger partial charge in [0.1, 0.15) is 0 Å². The minimum atomic E-state index is -0.109. The maximum atomic E-state index is 12.5. The van der Waals surface area contributed by atoms with Crippen LogP contribution < -0.4 is 5.32 Å². The number of halogens is 1. The van der Waals surface area contributed by atoms with Crippen LogP contribution in [0.15, 0.2) is 65.1 Å². The zero-order valence-corrected chi connectivity index (χ0v) is 16.5. The van der Waals surface area contributed by atoms with Crippen LogP contribution in [0.2, 0.25) is 0 Å². The van der Waals surface area contributed by atoms with Gasteiger partial charge in [0.25, 0.3) is 5.91 Å². The molecule has 1 amide bonds. The first-order valence-electron chi connectivity index (χ1n) is 8.28. The molecule has 0 aliphatic rings. The Hall–Kier alpha value is -2.44. The fourth-order valence-corrected chi connectivity index (χ4v) is 4.05. The van der Waals surface area contributed by atoms with E-state index in [1.807, 2.05) is 54.6 Å². The first-order chi connectivity index (χ1) is 12.7. The molecule has 2 heterocycles. The second-order valence-corrected chi connectivity index (χ2v) is 7.79. The predicted octanol–water partition coefficient (Wildman–Crippen LogP) is 5.80. The molecule has 4 nitrogen and oxygen atoms in total. The van der Waals surface area contributed by atoms with Crippen LogP contribution in [-0.4, -0.2) is 15.5 Å². The third-order valence-corrected chi connectivity index (χ3v) is 5.73. The predicted molar refractivity (Wildman–Crippen MR) is 111 cm³/mol. The number of anilines is 1. The van der Waals surface area contributed by atoms with Crippen LogP contribution in [0.3, 0.4) is 0 Å². The molecule has 0 aliphatic carbocycles. The van der Waals surface area contributed by atoms with Gasteiger partial charge < -0.3 is 9.88 Å². The molecular weight excluding hydrogens is 410 g/mol. The number of amides is 1. The van der Waals surface area contributed by atoms with E-state index in [0.717, 1.165) is 38.4 Å². The van der Waals surface area contributed by atoms with Crippen molar-refractivity contribution in [2.45, 2.75) is 13.5 Å². The van der Waals surface area contributed by atoms with Gasteiger partial charge in [0.15, 0.2) is 5.82 Å². The third-order valence-electron chi connectivity index (χ3n) is 4.12. The molecule has 0 unspecified atom stereocenters. The molecule has 4 rings (SSSR count). The molecule has 130 valence electrons. The van der Waals surface area contributed by atoms with Crippen LogP contribution in [0.5, 0.6) is 0 Å². The van der Waals surface area contributed by atoms with E-state index in [-0.39, 0.29) is 5.91 Å². The molecule has 0 saturated heterocycles. The lowest BCUT2D eigenvalue weighted by Crippen LogP contribution is -2.09. The molecule has 0 saturated carbocycles. The number of aromatic nitrogens is 2. The van der Waals surface area contributed by atoms with E-state index in [2.05, 4.69) is 38.8 Å². The van der Waals surface area contributed by atoms with Crippen LogP contribution in [0.25, 0.3) is 21.7 Å². The second-order valence-electron chi connectivity index (χ2n) is 5.79. The van der Waals surface area contributed by atoms with Gasteiger partial charge in [-0.15, -0.1) is 11.3 Å². The molecule has 0 spiro atoms. The number of benzene rings is 2. The highest BCUT2D eigenvalue weighted by Gasteiger charge is 2.16. The number of carbonyl (C=O) groups excluding carboxylic acids is 1. The summed E-state index contributed by atoms with van der Waals surface area (Å²) in [6, 6.07) is 19.5. The number of thiophene rings is 1. The molecule has 0 radical (unpaired) electrons. The monoisotopic (exact) mass is 425 g/mol. The maximum absolute atomic E-state index is 12.5. The fraction of sp³-hybridized carbons (Fsp3) is 0.100. The van der Waals surface area contributed by atoms with E-state index in [1.54, 1.807) is 0 Å². The van der Waals surface area contributed by atoms with Gasteiger partial charge in [0.2, 0.25) is 0 Å². The van der Waals surface area contributed by atoms with Gasteiger partial charge in [-0.3, -0.25) is 4.79 Å². The molecule has 0 bridgehead atoms. The lowest BCUT2D eigenvalue weighted by molar-refractivity contribution is 0.103. The minimum absolute atomic E-state index is 0.109. The summed E-state index contributed by atoms with van der Waals surface area (Å²) in [5.41, 5.74) is 2.85. The number of carbonyl (C=O) groups is 1. The zero-order chi connectivity index (χ0) is 18.1.